The lowest BCUT2D eigenvalue weighted by Crippen LogP contribution is -2.43. The molecule has 0 spiro atoms. The Morgan fingerprint density at radius 3 is 2.51 bits per heavy atom. The lowest BCUT2D eigenvalue weighted by Gasteiger charge is -2.37. The zero-order valence-electron chi connectivity index (χ0n) is 20.9. The zero-order valence-corrected chi connectivity index (χ0v) is 20.9. The number of ether oxygens (including phenoxy) is 1. The van der Waals surface area contributed by atoms with Gasteiger partial charge in [0.25, 0.3) is 0 Å². The first-order chi connectivity index (χ1) is 16.7. The average molecular weight is 477 g/mol. The molecule has 0 bridgehead atoms. The van der Waals surface area contributed by atoms with E-state index in [4.69, 9.17) is 4.74 Å². The Labute approximate surface area is 207 Å². The Hall–Kier alpha value is -3.35. The Morgan fingerprint density at radius 1 is 1.06 bits per heavy atom. The molecule has 2 aromatic carbocycles. The second-order valence-corrected chi connectivity index (χ2v) is 10.7. The summed E-state index contributed by atoms with van der Waals surface area (Å²) in [6.07, 6.45) is 5.78. The number of nitrogens with zero attached hydrogens (tertiary/aromatic N) is 1. The van der Waals surface area contributed by atoms with Crippen LogP contribution in [0.4, 0.5) is 10.5 Å². The summed E-state index contributed by atoms with van der Waals surface area (Å²) in [6.45, 7) is 5.98. The van der Waals surface area contributed by atoms with E-state index in [9.17, 15) is 9.59 Å². The van der Waals surface area contributed by atoms with Gasteiger partial charge in [-0.15, -0.1) is 0 Å². The van der Waals surface area contributed by atoms with Gasteiger partial charge in [0.05, 0.1) is 11.0 Å². The molecule has 0 aliphatic heterocycles. The molecule has 186 valence electrons. The molecule has 4 rings (SSSR count). The van der Waals surface area contributed by atoms with E-state index < -0.39 is 11.7 Å². The minimum absolute atomic E-state index is 0.0405. The van der Waals surface area contributed by atoms with Crippen molar-refractivity contribution in [1.29, 1.82) is 0 Å². The number of aromatic amines is 1. The molecule has 1 heterocycles. The third kappa shape index (κ3) is 7.07. The third-order valence-electron chi connectivity index (χ3n) is 6.49. The van der Waals surface area contributed by atoms with Crippen LogP contribution < -0.4 is 10.6 Å². The fourth-order valence-electron chi connectivity index (χ4n) is 4.85. The Morgan fingerprint density at radius 2 is 1.80 bits per heavy atom. The lowest BCUT2D eigenvalue weighted by atomic mass is 9.71. The van der Waals surface area contributed by atoms with Crippen LogP contribution >= 0.6 is 0 Å². The van der Waals surface area contributed by atoms with Crippen molar-refractivity contribution in [3.8, 4) is 0 Å². The number of imidazole rings is 1. The number of carbonyl (C=O) groups excluding carboxylic acids is 2. The number of nitrogens with one attached hydrogen (secondary N) is 3. The molecule has 3 aromatic rings. The summed E-state index contributed by atoms with van der Waals surface area (Å²) >= 11 is 0. The molecular formula is C28H36N4O3. The number of amides is 2. The van der Waals surface area contributed by atoms with Crippen LogP contribution in [0.3, 0.4) is 0 Å². The molecule has 0 atom stereocenters. The van der Waals surface area contributed by atoms with Crippen molar-refractivity contribution in [1.82, 2.24) is 15.3 Å². The SMILES string of the molecule is CC(C)(C)OC(=O)NCC1(CC(=O)Nc2ccc3nc(Cc4ccccc4)[nH]c3c2)CCCCC1. The first-order valence-corrected chi connectivity index (χ1v) is 12.5. The van der Waals surface area contributed by atoms with Gasteiger partial charge in [-0.05, 0) is 62.8 Å². The summed E-state index contributed by atoms with van der Waals surface area (Å²) < 4.78 is 5.39. The quantitative estimate of drug-likeness (QED) is 0.392. The molecule has 1 aromatic heterocycles. The lowest BCUT2D eigenvalue weighted by molar-refractivity contribution is -0.119. The Balaban J connectivity index is 1.39. The van der Waals surface area contributed by atoms with Crippen molar-refractivity contribution in [2.45, 2.75) is 71.3 Å². The van der Waals surface area contributed by atoms with Gasteiger partial charge in [-0.1, -0.05) is 49.6 Å². The largest absolute Gasteiger partial charge is 0.444 e. The van der Waals surface area contributed by atoms with E-state index in [0.29, 0.717) is 13.0 Å². The minimum Gasteiger partial charge on any atom is -0.444 e. The van der Waals surface area contributed by atoms with Gasteiger partial charge in [0.2, 0.25) is 5.91 Å². The van der Waals surface area contributed by atoms with Gasteiger partial charge >= 0.3 is 6.09 Å². The molecule has 1 fully saturated rings. The molecule has 0 saturated heterocycles. The summed E-state index contributed by atoms with van der Waals surface area (Å²) in [5, 5.41) is 5.97. The summed E-state index contributed by atoms with van der Waals surface area (Å²) in [5.41, 5.74) is 2.90. The van der Waals surface area contributed by atoms with Crippen molar-refractivity contribution in [3.63, 3.8) is 0 Å². The second kappa shape index (κ2) is 10.5. The summed E-state index contributed by atoms with van der Waals surface area (Å²) in [5.74, 6) is 0.852. The smallest absolute Gasteiger partial charge is 0.407 e. The van der Waals surface area contributed by atoms with E-state index in [2.05, 4.69) is 32.7 Å². The first kappa shape index (κ1) is 24.8. The van der Waals surface area contributed by atoms with Crippen molar-refractivity contribution in [2.75, 3.05) is 11.9 Å². The van der Waals surface area contributed by atoms with Crippen LogP contribution in [-0.2, 0) is 16.0 Å². The third-order valence-corrected chi connectivity index (χ3v) is 6.49. The van der Waals surface area contributed by atoms with Crippen LogP contribution in [0.5, 0.6) is 0 Å². The van der Waals surface area contributed by atoms with Crippen molar-refractivity contribution < 1.29 is 14.3 Å². The number of rotatable bonds is 7. The van der Waals surface area contributed by atoms with E-state index >= 15 is 0 Å². The fraction of sp³-hybridized carbons (Fsp3) is 0.464. The van der Waals surface area contributed by atoms with Crippen LogP contribution in [0.15, 0.2) is 48.5 Å². The van der Waals surface area contributed by atoms with E-state index in [0.717, 1.165) is 61.1 Å². The Bertz CT molecular complexity index is 1160. The maximum Gasteiger partial charge on any atom is 0.407 e. The van der Waals surface area contributed by atoms with Gasteiger partial charge in [0, 0.05) is 25.1 Å². The van der Waals surface area contributed by atoms with E-state index in [-0.39, 0.29) is 11.3 Å². The molecule has 0 radical (unpaired) electrons. The topological polar surface area (TPSA) is 96.1 Å². The predicted octanol–water partition coefficient (Wildman–Crippen LogP) is 5.96. The highest BCUT2D eigenvalue weighted by molar-refractivity contribution is 5.93. The molecule has 0 unspecified atom stereocenters. The van der Waals surface area contributed by atoms with E-state index in [1.165, 1.54) is 5.56 Å². The highest BCUT2D eigenvalue weighted by atomic mass is 16.6. The molecule has 7 nitrogen and oxygen atoms in total. The van der Waals surface area contributed by atoms with Crippen molar-refractivity contribution in [2.24, 2.45) is 5.41 Å². The fourth-order valence-corrected chi connectivity index (χ4v) is 4.85. The van der Waals surface area contributed by atoms with Crippen LogP contribution in [0.1, 0.15) is 70.7 Å². The normalized spacial score (nSPS) is 15.5. The Kier molecular flexibility index (Phi) is 7.43. The van der Waals surface area contributed by atoms with Gasteiger partial charge in [0.1, 0.15) is 11.4 Å². The molecule has 3 N–H and O–H groups in total. The summed E-state index contributed by atoms with van der Waals surface area (Å²) in [7, 11) is 0. The molecule has 1 aliphatic carbocycles. The maximum atomic E-state index is 13.1. The molecule has 7 heteroatoms. The van der Waals surface area contributed by atoms with E-state index in [1.807, 2.05) is 57.2 Å². The van der Waals surface area contributed by atoms with Crippen molar-refractivity contribution >= 4 is 28.7 Å². The summed E-state index contributed by atoms with van der Waals surface area (Å²) in [4.78, 5) is 33.3. The van der Waals surface area contributed by atoms with E-state index in [1.54, 1.807) is 0 Å². The first-order valence-electron chi connectivity index (χ1n) is 12.5. The van der Waals surface area contributed by atoms with Crippen LogP contribution in [0.2, 0.25) is 0 Å². The average Bonchev–Trinajstić information content (AvgIpc) is 3.19. The monoisotopic (exact) mass is 476 g/mol. The standard InChI is InChI=1S/C28H36N4O3/c1-27(2,3)35-26(34)29-19-28(14-8-5-9-15-28)18-25(33)30-21-12-13-22-23(17-21)32-24(31-22)16-20-10-6-4-7-11-20/h4,6-7,10-13,17H,5,8-9,14-16,18-19H2,1-3H3,(H,29,34)(H,30,33)(H,31,32). The molecular weight excluding hydrogens is 440 g/mol. The number of alkyl carbamates (subject to hydrolysis) is 1. The minimum atomic E-state index is -0.548. The van der Waals surface area contributed by atoms with Crippen LogP contribution in [0.25, 0.3) is 11.0 Å². The van der Waals surface area contributed by atoms with Gasteiger partial charge < -0.3 is 20.4 Å². The van der Waals surface area contributed by atoms with Crippen molar-refractivity contribution in [3.05, 3.63) is 59.9 Å². The highest BCUT2D eigenvalue weighted by Gasteiger charge is 2.35. The maximum absolute atomic E-state index is 13.1. The number of anilines is 1. The number of fused-ring (bicyclic) bond motifs is 1. The molecule has 35 heavy (non-hydrogen) atoms. The zero-order chi connectivity index (χ0) is 24.9. The number of carbonyl (C=O) groups is 2. The van der Waals surface area contributed by atoms with Crippen LogP contribution in [0, 0.1) is 5.41 Å². The molecule has 1 saturated carbocycles. The summed E-state index contributed by atoms with van der Waals surface area (Å²) in [6, 6.07) is 16.0. The second-order valence-electron chi connectivity index (χ2n) is 10.7. The predicted molar refractivity (Wildman–Crippen MR) is 138 cm³/mol. The molecule has 2 amide bonds. The number of hydrogen-bond acceptors (Lipinski definition) is 4. The van der Waals surface area contributed by atoms with Gasteiger partial charge in [-0.3, -0.25) is 4.79 Å². The number of aromatic nitrogens is 2. The van der Waals surface area contributed by atoms with Crippen LogP contribution in [-0.4, -0.2) is 34.1 Å². The van der Waals surface area contributed by atoms with Gasteiger partial charge in [-0.2, -0.15) is 0 Å². The number of H-pyrrole nitrogens is 1. The highest BCUT2D eigenvalue weighted by Crippen LogP contribution is 2.39. The van der Waals surface area contributed by atoms with Gasteiger partial charge in [0.15, 0.2) is 0 Å². The number of hydrogen-bond donors (Lipinski definition) is 3. The number of benzene rings is 2. The molecule has 1 aliphatic rings. The van der Waals surface area contributed by atoms with Gasteiger partial charge in [-0.25, -0.2) is 9.78 Å².